The van der Waals surface area contributed by atoms with E-state index in [-0.39, 0.29) is 29.7 Å². The Hall–Kier alpha value is -3.61. The number of hydrogen-bond donors (Lipinski definition) is 5. The number of ketones is 2. The molecule has 0 saturated carbocycles. The van der Waals surface area contributed by atoms with Crippen LogP contribution in [0.25, 0.3) is 0 Å². The molecule has 1 aromatic rings. The molecule has 9 nitrogen and oxygen atoms in total. The molecule has 0 radical (unpaired) electrons. The van der Waals surface area contributed by atoms with Gasteiger partial charge in [0.2, 0.25) is 5.78 Å². The van der Waals surface area contributed by atoms with Crippen LogP contribution in [0.4, 0.5) is 0 Å². The maximum Gasteiger partial charge on any atom is 0.255 e. The topological polar surface area (TPSA) is 161 Å². The number of phenolic OH excluding ortho intramolecular Hbond substituents is 1. The standard InChI is InChI=1S/C25H26N2O7/c1-4-5-6-11-7-8-15(28)17-13(11)9-12-10-14-19(27(2)3)21(30)18(24(26)33)23(32)25(14,34)22(31)16(12)20(17)29/h7-8,12,14,19,28,30-31,34H,4,9-10H2,1-3H3,(H2,26,33)/t12-,14+,19-,25+/m1/s1. The van der Waals surface area contributed by atoms with Crippen LogP contribution in [0, 0.1) is 23.7 Å². The summed E-state index contributed by atoms with van der Waals surface area (Å²) < 4.78 is 0. The number of phenols is 1. The summed E-state index contributed by atoms with van der Waals surface area (Å²) in [6, 6.07) is 1.95. The van der Waals surface area contributed by atoms with Crippen LogP contribution in [0.2, 0.25) is 0 Å². The third kappa shape index (κ3) is 3.06. The number of aliphatic hydroxyl groups is 3. The van der Waals surface area contributed by atoms with Crippen molar-refractivity contribution in [3.63, 3.8) is 0 Å². The molecule has 3 aliphatic carbocycles. The fourth-order valence-electron chi connectivity index (χ4n) is 5.55. The van der Waals surface area contributed by atoms with Crippen molar-refractivity contribution in [1.29, 1.82) is 0 Å². The SMILES string of the molecule is CCC#Cc1ccc(O)c2c1C[C@@H]1C[C@H]3[C@@H](N(C)C)C(O)=C(C(N)=O)C(=O)[C@@]3(O)C(O)=C1C2=O. The number of carbonyl (C=O) groups excluding carboxylic acids is 3. The van der Waals surface area contributed by atoms with Crippen LogP contribution in [0.3, 0.4) is 0 Å². The van der Waals surface area contributed by atoms with E-state index in [2.05, 4.69) is 11.8 Å². The molecule has 3 aliphatic rings. The van der Waals surface area contributed by atoms with E-state index in [0.29, 0.717) is 17.5 Å². The molecule has 0 bridgehead atoms. The van der Waals surface area contributed by atoms with E-state index in [9.17, 15) is 34.8 Å². The lowest BCUT2D eigenvalue weighted by Crippen LogP contribution is -2.63. The molecule has 4 atom stereocenters. The summed E-state index contributed by atoms with van der Waals surface area (Å²) in [4.78, 5) is 40.2. The Bertz CT molecular complexity index is 1260. The van der Waals surface area contributed by atoms with E-state index >= 15 is 0 Å². The van der Waals surface area contributed by atoms with Gasteiger partial charge in [-0.05, 0) is 50.6 Å². The van der Waals surface area contributed by atoms with Gasteiger partial charge in [0.25, 0.3) is 5.91 Å². The van der Waals surface area contributed by atoms with Gasteiger partial charge in [-0.25, -0.2) is 0 Å². The van der Waals surface area contributed by atoms with E-state index in [0.717, 1.165) is 0 Å². The van der Waals surface area contributed by atoms with E-state index in [1.54, 1.807) is 20.2 Å². The number of aromatic hydroxyl groups is 1. The Morgan fingerprint density at radius 2 is 1.91 bits per heavy atom. The van der Waals surface area contributed by atoms with Crippen molar-refractivity contribution in [1.82, 2.24) is 4.90 Å². The van der Waals surface area contributed by atoms with Gasteiger partial charge in [-0.1, -0.05) is 18.8 Å². The Kier molecular flexibility index (Phi) is 5.55. The number of nitrogens with two attached hydrogens (primary N) is 1. The van der Waals surface area contributed by atoms with Crippen molar-refractivity contribution in [2.24, 2.45) is 17.6 Å². The monoisotopic (exact) mass is 466 g/mol. The van der Waals surface area contributed by atoms with Crippen molar-refractivity contribution in [3.8, 4) is 17.6 Å². The first-order valence-electron chi connectivity index (χ1n) is 10.9. The number of fused-ring (bicyclic) bond motifs is 3. The van der Waals surface area contributed by atoms with Gasteiger partial charge < -0.3 is 26.2 Å². The number of nitrogens with zero attached hydrogens (tertiary/aromatic N) is 1. The zero-order chi connectivity index (χ0) is 25.1. The van der Waals surface area contributed by atoms with E-state index in [1.165, 1.54) is 11.0 Å². The van der Waals surface area contributed by atoms with Crippen LogP contribution in [-0.4, -0.2) is 68.5 Å². The predicted molar refractivity (Wildman–Crippen MR) is 121 cm³/mol. The first-order chi connectivity index (χ1) is 16.0. The number of primary amides is 1. The highest BCUT2D eigenvalue weighted by Gasteiger charge is 2.63. The molecular formula is C25H26N2O7. The minimum absolute atomic E-state index is 0.0383. The number of aliphatic hydroxyl groups excluding tert-OH is 2. The maximum absolute atomic E-state index is 13.5. The third-order valence-electron chi connectivity index (χ3n) is 7.01. The lowest BCUT2D eigenvalue weighted by Gasteiger charge is -2.50. The van der Waals surface area contributed by atoms with E-state index in [1.807, 2.05) is 6.92 Å². The summed E-state index contributed by atoms with van der Waals surface area (Å²) in [6.07, 6.45) is 0.854. The van der Waals surface area contributed by atoms with Crippen LogP contribution in [0.5, 0.6) is 5.75 Å². The van der Waals surface area contributed by atoms with Gasteiger partial charge in [-0.2, -0.15) is 0 Å². The van der Waals surface area contributed by atoms with Crippen molar-refractivity contribution in [2.75, 3.05) is 14.1 Å². The second kappa shape index (κ2) is 8.01. The molecule has 178 valence electrons. The molecule has 4 rings (SSSR count). The van der Waals surface area contributed by atoms with Gasteiger partial charge in [-0.3, -0.25) is 19.3 Å². The molecule has 0 heterocycles. The average molecular weight is 466 g/mol. The zero-order valence-electron chi connectivity index (χ0n) is 19.0. The number of allylic oxidation sites excluding steroid dienone is 1. The van der Waals surface area contributed by atoms with Gasteiger partial charge >= 0.3 is 0 Å². The van der Waals surface area contributed by atoms with Gasteiger partial charge in [0.15, 0.2) is 11.4 Å². The Balaban J connectivity index is 1.96. The van der Waals surface area contributed by atoms with Crippen LogP contribution < -0.4 is 5.73 Å². The van der Waals surface area contributed by atoms with Crippen molar-refractivity contribution >= 4 is 17.5 Å². The summed E-state index contributed by atoms with van der Waals surface area (Å²) in [6.45, 7) is 1.88. The lowest BCUT2D eigenvalue weighted by atomic mass is 9.58. The average Bonchev–Trinajstić information content (AvgIpc) is 2.75. The summed E-state index contributed by atoms with van der Waals surface area (Å²) >= 11 is 0. The van der Waals surface area contributed by atoms with Gasteiger partial charge in [0.05, 0.1) is 11.6 Å². The minimum Gasteiger partial charge on any atom is -0.510 e. The second-order valence-corrected chi connectivity index (χ2v) is 9.10. The molecule has 0 saturated heterocycles. The third-order valence-corrected chi connectivity index (χ3v) is 7.01. The number of carbonyl (C=O) groups is 3. The molecule has 0 spiro atoms. The molecule has 0 aromatic heterocycles. The smallest absolute Gasteiger partial charge is 0.255 e. The largest absolute Gasteiger partial charge is 0.510 e. The first kappa shape index (κ1) is 23.5. The summed E-state index contributed by atoms with van der Waals surface area (Å²) in [5, 5.41) is 44.0. The Morgan fingerprint density at radius 1 is 1.24 bits per heavy atom. The minimum atomic E-state index is -2.64. The number of rotatable bonds is 2. The second-order valence-electron chi connectivity index (χ2n) is 9.10. The van der Waals surface area contributed by atoms with E-state index < -0.39 is 58.0 Å². The van der Waals surface area contributed by atoms with Crippen LogP contribution in [0.1, 0.15) is 41.3 Å². The maximum atomic E-state index is 13.5. The predicted octanol–water partition coefficient (Wildman–Crippen LogP) is 0.882. The van der Waals surface area contributed by atoms with Crippen LogP contribution in [0.15, 0.2) is 34.8 Å². The number of Topliss-reactive ketones (excluding diaryl/α,β-unsaturated/α-hetero) is 2. The van der Waals surface area contributed by atoms with Gasteiger partial charge in [0.1, 0.15) is 22.8 Å². The molecule has 1 amide bonds. The van der Waals surface area contributed by atoms with Crippen LogP contribution in [-0.2, 0) is 16.0 Å². The molecule has 6 N–H and O–H groups in total. The number of likely N-dealkylation sites (N-methyl/N-ethyl adjacent to an activating group) is 1. The fraction of sp³-hybridized carbons (Fsp3) is 0.400. The van der Waals surface area contributed by atoms with Gasteiger partial charge in [-0.15, -0.1) is 0 Å². The molecule has 0 aliphatic heterocycles. The number of hydrogen-bond acceptors (Lipinski definition) is 8. The molecule has 0 unspecified atom stereocenters. The first-order valence-corrected chi connectivity index (χ1v) is 10.9. The Morgan fingerprint density at radius 3 is 2.50 bits per heavy atom. The summed E-state index contributed by atoms with van der Waals surface area (Å²) in [7, 11) is 3.17. The fourth-order valence-corrected chi connectivity index (χ4v) is 5.55. The molecule has 34 heavy (non-hydrogen) atoms. The normalized spacial score (nSPS) is 28.2. The molecule has 1 aromatic carbocycles. The number of benzene rings is 1. The zero-order valence-corrected chi connectivity index (χ0v) is 19.0. The highest BCUT2D eigenvalue weighted by Crippen LogP contribution is 2.52. The number of amides is 1. The molecular weight excluding hydrogens is 440 g/mol. The van der Waals surface area contributed by atoms with Crippen molar-refractivity contribution < 1.29 is 34.8 Å². The van der Waals surface area contributed by atoms with Gasteiger partial charge in [0, 0.05) is 23.5 Å². The summed E-state index contributed by atoms with van der Waals surface area (Å²) in [5.74, 6) is -0.720. The van der Waals surface area contributed by atoms with Crippen LogP contribution >= 0.6 is 0 Å². The molecule has 9 heteroatoms. The Labute approximate surface area is 196 Å². The van der Waals surface area contributed by atoms with Crippen molar-refractivity contribution in [3.05, 3.63) is 51.5 Å². The highest BCUT2D eigenvalue weighted by molar-refractivity contribution is 6.24. The van der Waals surface area contributed by atoms with Crippen molar-refractivity contribution in [2.45, 2.75) is 37.8 Å². The summed E-state index contributed by atoms with van der Waals surface area (Å²) in [5.41, 5.74) is 2.73. The highest BCUT2D eigenvalue weighted by atomic mass is 16.3. The van der Waals surface area contributed by atoms with E-state index in [4.69, 9.17) is 5.73 Å². The quantitative estimate of drug-likeness (QED) is 0.317. The molecule has 0 fully saturated rings. The lowest BCUT2D eigenvalue weighted by molar-refractivity contribution is -0.148.